The SMILES string of the molecule is Cc1cccnc1CC(C)N(C)C(=O)NCCCN1CCC(O)CC1. The summed E-state index contributed by atoms with van der Waals surface area (Å²) in [6.07, 6.45) is 5.08. The molecule has 1 aliphatic rings. The minimum atomic E-state index is -0.131. The molecule has 2 heterocycles. The summed E-state index contributed by atoms with van der Waals surface area (Å²) in [6, 6.07) is 4.05. The highest BCUT2D eigenvalue weighted by Crippen LogP contribution is 2.11. The van der Waals surface area contributed by atoms with E-state index >= 15 is 0 Å². The van der Waals surface area contributed by atoms with Gasteiger partial charge in [-0.1, -0.05) is 6.07 Å². The van der Waals surface area contributed by atoms with Crippen LogP contribution in [0.4, 0.5) is 4.79 Å². The van der Waals surface area contributed by atoms with Crippen molar-refractivity contribution < 1.29 is 9.90 Å². The van der Waals surface area contributed by atoms with E-state index in [9.17, 15) is 9.90 Å². The van der Waals surface area contributed by atoms with Crippen LogP contribution in [0.3, 0.4) is 0 Å². The number of urea groups is 1. The molecule has 0 spiro atoms. The number of likely N-dealkylation sites (N-methyl/N-ethyl adjacent to an activating group) is 1. The summed E-state index contributed by atoms with van der Waals surface area (Å²) in [5.74, 6) is 0. The van der Waals surface area contributed by atoms with Gasteiger partial charge >= 0.3 is 6.03 Å². The third kappa shape index (κ3) is 6.29. The Morgan fingerprint density at radius 2 is 2.20 bits per heavy atom. The summed E-state index contributed by atoms with van der Waals surface area (Å²) >= 11 is 0. The van der Waals surface area contributed by atoms with Gasteiger partial charge in [0.2, 0.25) is 0 Å². The lowest BCUT2D eigenvalue weighted by Crippen LogP contribution is -2.44. The van der Waals surface area contributed by atoms with Gasteiger partial charge in [0.15, 0.2) is 0 Å². The van der Waals surface area contributed by atoms with Crippen LogP contribution in [0.15, 0.2) is 18.3 Å². The first-order chi connectivity index (χ1) is 12.0. The number of aliphatic hydroxyl groups is 1. The number of aliphatic hydroxyl groups excluding tert-OH is 1. The number of amides is 2. The van der Waals surface area contributed by atoms with Gasteiger partial charge in [-0.25, -0.2) is 4.79 Å². The maximum atomic E-state index is 12.3. The number of carbonyl (C=O) groups excluding carboxylic acids is 1. The number of nitrogens with one attached hydrogen (secondary N) is 1. The Bertz CT molecular complexity index is 544. The molecule has 0 aliphatic carbocycles. The molecular formula is C19H32N4O2. The number of aromatic nitrogens is 1. The Labute approximate surface area is 151 Å². The fraction of sp³-hybridized carbons (Fsp3) is 0.684. The van der Waals surface area contributed by atoms with Gasteiger partial charge in [0.25, 0.3) is 0 Å². The average Bonchev–Trinajstić information content (AvgIpc) is 2.61. The number of rotatable bonds is 7. The summed E-state index contributed by atoms with van der Waals surface area (Å²) in [5, 5.41) is 12.5. The second kappa shape index (κ2) is 9.73. The van der Waals surface area contributed by atoms with Crippen LogP contribution in [0, 0.1) is 6.92 Å². The van der Waals surface area contributed by atoms with Crippen LogP contribution < -0.4 is 5.32 Å². The van der Waals surface area contributed by atoms with E-state index in [4.69, 9.17) is 0 Å². The molecule has 140 valence electrons. The summed E-state index contributed by atoms with van der Waals surface area (Å²) in [6.45, 7) is 7.66. The molecule has 2 N–H and O–H groups in total. The third-order valence-corrected chi connectivity index (χ3v) is 5.07. The van der Waals surface area contributed by atoms with Crippen molar-refractivity contribution in [3.63, 3.8) is 0 Å². The van der Waals surface area contributed by atoms with Crippen molar-refractivity contribution in [3.05, 3.63) is 29.6 Å². The normalized spacial score (nSPS) is 17.3. The van der Waals surface area contributed by atoms with Gasteiger partial charge in [0.05, 0.1) is 6.10 Å². The fourth-order valence-electron chi connectivity index (χ4n) is 3.11. The summed E-state index contributed by atoms with van der Waals surface area (Å²) in [7, 11) is 1.84. The molecule has 1 aliphatic heterocycles. The van der Waals surface area contributed by atoms with Crippen molar-refractivity contribution in [2.24, 2.45) is 0 Å². The minimum Gasteiger partial charge on any atom is -0.393 e. The number of piperidine rings is 1. The van der Waals surface area contributed by atoms with Crippen LogP contribution in [-0.4, -0.2) is 71.3 Å². The smallest absolute Gasteiger partial charge is 0.317 e. The van der Waals surface area contributed by atoms with Gasteiger partial charge in [-0.3, -0.25) is 4.98 Å². The molecule has 1 aromatic rings. The van der Waals surface area contributed by atoms with Crippen molar-refractivity contribution in [2.45, 2.75) is 51.7 Å². The second-order valence-corrected chi connectivity index (χ2v) is 7.09. The third-order valence-electron chi connectivity index (χ3n) is 5.07. The van der Waals surface area contributed by atoms with Crippen molar-refractivity contribution >= 4 is 6.03 Å². The molecule has 0 saturated carbocycles. The Balaban J connectivity index is 1.66. The summed E-state index contributed by atoms with van der Waals surface area (Å²) in [5.41, 5.74) is 2.21. The number of pyridine rings is 1. The number of carbonyl (C=O) groups is 1. The molecule has 6 nitrogen and oxygen atoms in total. The Morgan fingerprint density at radius 1 is 1.48 bits per heavy atom. The lowest BCUT2D eigenvalue weighted by atomic mass is 10.1. The molecule has 1 fully saturated rings. The van der Waals surface area contributed by atoms with Gasteiger partial charge in [-0.2, -0.15) is 0 Å². The van der Waals surface area contributed by atoms with E-state index in [1.54, 1.807) is 11.1 Å². The molecule has 0 aromatic carbocycles. The standard InChI is InChI=1S/C19H32N4O2/c1-15-6-4-9-20-18(15)14-16(2)22(3)19(25)21-10-5-11-23-12-7-17(24)8-13-23/h4,6,9,16-17,24H,5,7-8,10-14H2,1-3H3,(H,21,25). The maximum absolute atomic E-state index is 12.3. The quantitative estimate of drug-likeness (QED) is 0.738. The van der Waals surface area contributed by atoms with Crippen LogP contribution in [0.1, 0.15) is 37.4 Å². The van der Waals surface area contributed by atoms with Crippen molar-refractivity contribution in [1.29, 1.82) is 0 Å². The van der Waals surface area contributed by atoms with Crippen LogP contribution in [0.2, 0.25) is 0 Å². The first-order valence-corrected chi connectivity index (χ1v) is 9.29. The Hall–Kier alpha value is -1.66. The molecule has 0 radical (unpaired) electrons. The number of likely N-dealkylation sites (tertiary alicyclic amines) is 1. The molecular weight excluding hydrogens is 316 g/mol. The molecule has 1 saturated heterocycles. The molecule has 1 atom stereocenters. The highest BCUT2D eigenvalue weighted by atomic mass is 16.3. The first-order valence-electron chi connectivity index (χ1n) is 9.29. The molecule has 1 aromatic heterocycles. The van der Waals surface area contributed by atoms with Gasteiger partial charge in [-0.15, -0.1) is 0 Å². The topological polar surface area (TPSA) is 68.7 Å². The van der Waals surface area contributed by atoms with E-state index < -0.39 is 0 Å². The zero-order chi connectivity index (χ0) is 18.2. The van der Waals surface area contributed by atoms with Crippen molar-refractivity contribution in [2.75, 3.05) is 33.2 Å². The lowest BCUT2D eigenvalue weighted by molar-refractivity contribution is 0.0821. The summed E-state index contributed by atoms with van der Waals surface area (Å²) < 4.78 is 0. The predicted octanol–water partition coefficient (Wildman–Crippen LogP) is 1.81. The monoisotopic (exact) mass is 348 g/mol. The fourth-order valence-corrected chi connectivity index (χ4v) is 3.11. The minimum absolute atomic E-state index is 0.0323. The Morgan fingerprint density at radius 3 is 2.88 bits per heavy atom. The van der Waals surface area contributed by atoms with Crippen LogP contribution in [-0.2, 0) is 6.42 Å². The zero-order valence-corrected chi connectivity index (χ0v) is 15.7. The van der Waals surface area contributed by atoms with Crippen LogP contribution in [0.5, 0.6) is 0 Å². The molecule has 6 heteroatoms. The molecule has 2 amide bonds. The highest BCUT2D eigenvalue weighted by molar-refractivity contribution is 5.74. The highest BCUT2D eigenvalue weighted by Gasteiger charge is 2.18. The van der Waals surface area contributed by atoms with E-state index in [2.05, 4.69) is 28.2 Å². The largest absolute Gasteiger partial charge is 0.393 e. The van der Waals surface area contributed by atoms with Gasteiger partial charge in [0.1, 0.15) is 0 Å². The van der Waals surface area contributed by atoms with E-state index in [1.807, 2.05) is 20.0 Å². The number of hydrogen-bond acceptors (Lipinski definition) is 4. The van der Waals surface area contributed by atoms with E-state index in [0.717, 1.165) is 56.6 Å². The number of aryl methyl sites for hydroxylation is 1. The lowest BCUT2D eigenvalue weighted by Gasteiger charge is -2.29. The molecule has 25 heavy (non-hydrogen) atoms. The van der Waals surface area contributed by atoms with E-state index in [1.165, 1.54) is 0 Å². The Kier molecular flexibility index (Phi) is 7.65. The van der Waals surface area contributed by atoms with Crippen molar-refractivity contribution in [1.82, 2.24) is 20.1 Å². The van der Waals surface area contributed by atoms with Crippen LogP contribution >= 0.6 is 0 Å². The molecule has 0 bridgehead atoms. The first kappa shape index (κ1) is 19.7. The van der Waals surface area contributed by atoms with E-state index in [0.29, 0.717) is 6.54 Å². The molecule has 2 rings (SSSR count). The van der Waals surface area contributed by atoms with Crippen LogP contribution in [0.25, 0.3) is 0 Å². The average molecular weight is 348 g/mol. The summed E-state index contributed by atoms with van der Waals surface area (Å²) in [4.78, 5) is 20.8. The zero-order valence-electron chi connectivity index (χ0n) is 15.7. The molecule has 1 unspecified atom stereocenters. The predicted molar refractivity (Wildman–Crippen MR) is 99.6 cm³/mol. The van der Waals surface area contributed by atoms with Crippen molar-refractivity contribution in [3.8, 4) is 0 Å². The number of nitrogens with zero attached hydrogens (tertiary/aromatic N) is 3. The second-order valence-electron chi connectivity index (χ2n) is 7.09. The maximum Gasteiger partial charge on any atom is 0.317 e. The van der Waals surface area contributed by atoms with Gasteiger partial charge < -0.3 is 20.2 Å². The van der Waals surface area contributed by atoms with Gasteiger partial charge in [0, 0.05) is 51.0 Å². The van der Waals surface area contributed by atoms with E-state index in [-0.39, 0.29) is 18.2 Å². The number of hydrogen-bond donors (Lipinski definition) is 2. The van der Waals surface area contributed by atoms with Gasteiger partial charge in [-0.05, 0) is 51.3 Å².